The number of rotatable bonds is 7. The fraction of sp³-hybridized carbons (Fsp3) is 0.316. The van der Waals surface area contributed by atoms with E-state index in [1.807, 2.05) is 10.7 Å². The maximum atomic E-state index is 4.22. The molecule has 0 bridgehead atoms. The van der Waals surface area contributed by atoms with Crippen molar-refractivity contribution in [2.24, 2.45) is 0 Å². The van der Waals surface area contributed by atoms with Crippen molar-refractivity contribution in [1.29, 1.82) is 0 Å². The first-order valence-corrected chi connectivity index (χ1v) is 8.37. The first kappa shape index (κ1) is 16.2. The van der Waals surface area contributed by atoms with E-state index in [0.717, 1.165) is 25.3 Å². The third-order valence-corrected chi connectivity index (χ3v) is 3.99. The van der Waals surface area contributed by atoms with Crippen LogP contribution in [0.25, 0.3) is 0 Å². The molecule has 2 aromatic carbocycles. The van der Waals surface area contributed by atoms with Gasteiger partial charge in [0.05, 0.1) is 6.54 Å². The van der Waals surface area contributed by atoms with Gasteiger partial charge in [-0.25, -0.2) is 4.68 Å². The monoisotopic (exact) mass is 321 g/mol. The van der Waals surface area contributed by atoms with E-state index in [2.05, 4.69) is 82.8 Å². The normalized spacial score (nSPS) is 10.8. The lowest BCUT2D eigenvalue weighted by Gasteiger charge is -2.24. The van der Waals surface area contributed by atoms with E-state index in [4.69, 9.17) is 0 Å². The number of hydrogen-bond donors (Lipinski definition) is 0. The van der Waals surface area contributed by atoms with Crippen molar-refractivity contribution in [1.82, 2.24) is 20.2 Å². The summed E-state index contributed by atoms with van der Waals surface area (Å²) in [5.74, 6) is 0.897. The van der Waals surface area contributed by atoms with E-state index < -0.39 is 0 Å². The molecule has 5 nitrogen and oxygen atoms in total. The Morgan fingerprint density at radius 1 is 0.958 bits per heavy atom. The zero-order chi connectivity index (χ0) is 16.8. The molecule has 24 heavy (non-hydrogen) atoms. The van der Waals surface area contributed by atoms with Gasteiger partial charge in [0.1, 0.15) is 0 Å². The molecule has 0 fully saturated rings. The lowest BCUT2D eigenvalue weighted by atomic mass is 10.1. The Hall–Kier alpha value is -2.69. The maximum absolute atomic E-state index is 4.22. The van der Waals surface area contributed by atoms with Gasteiger partial charge in [-0.15, -0.1) is 5.10 Å². The summed E-state index contributed by atoms with van der Waals surface area (Å²) in [6.45, 7) is 6.59. The van der Waals surface area contributed by atoms with Crippen LogP contribution in [0.15, 0.2) is 54.6 Å². The fourth-order valence-corrected chi connectivity index (χ4v) is 2.69. The van der Waals surface area contributed by atoms with Crippen molar-refractivity contribution in [3.8, 4) is 0 Å². The Labute approximate surface area is 142 Å². The number of benzene rings is 2. The average Bonchev–Trinajstić information content (AvgIpc) is 3.03. The second kappa shape index (κ2) is 7.73. The Morgan fingerprint density at radius 2 is 1.71 bits per heavy atom. The zero-order valence-electron chi connectivity index (χ0n) is 14.3. The molecule has 0 atom stereocenters. The van der Waals surface area contributed by atoms with Crippen LogP contribution in [-0.2, 0) is 19.6 Å². The lowest BCUT2D eigenvalue weighted by molar-refractivity contribution is 0.548. The van der Waals surface area contributed by atoms with E-state index in [-0.39, 0.29) is 0 Å². The lowest BCUT2D eigenvalue weighted by Crippen LogP contribution is -2.24. The molecule has 0 amide bonds. The van der Waals surface area contributed by atoms with Crippen LogP contribution in [0.5, 0.6) is 0 Å². The van der Waals surface area contributed by atoms with Crippen molar-refractivity contribution < 1.29 is 0 Å². The molecule has 0 aliphatic heterocycles. The zero-order valence-corrected chi connectivity index (χ0v) is 14.3. The number of tetrazole rings is 1. The van der Waals surface area contributed by atoms with Crippen LogP contribution < -0.4 is 4.90 Å². The van der Waals surface area contributed by atoms with Gasteiger partial charge >= 0.3 is 0 Å². The molecule has 0 spiro atoms. The van der Waals surface area contributed by atoms with Crippen LogP contribution in [0.1, 0.15) is 30.3 Å². The maximum Gasteiger partial charge on any atom is 0.170 e. The molecule has 0 aliphatic carbocycles. The Bertz CT molecular complexity index is 749. The average molecular weight is 321 g/mol. The molecule has 0 aliphatic rings. The smallest absolute Gasteiger partial charge is 0.170 e. The van der Waals surface area contributed by atoms with Gasteiger partial charge in [-0.05, 0) is 41.5 Å². The number of aromatic nitrogens is 4. The van der Waals surface area contributed by atoms with Crippen molar-refractivity contribution in [2.45, 2.75) is 39.9 Å². The summed E-state index contributed by atoms with van der Waals surface area (Å²) >= 11 is 0. The highest BCUT2D eigenvalue weighted by Crippen LogP contribution is 2.20. The van der Waals surface area contributed by atoms with E-state index in [1.165, 1.54) is 16.8 Å². The Kier molecular flexibility index (Phi) is 5.21. The quantitative estimate of drug-likeness (QED) is 0.667. The summed E-state index contributed by atoms with van der Waals surface area (Å²) in [4.78, 5) is 2.31. The largest absolute Gasteiger partial charge is 0.360 e. The summed E-state index contributed by atoms with van der Waals surface area (Å²) in [7, 11) is 0. The predicted molar refractivity (Wildman–Crippen MR) is 95.6 cm³/mol. The first-order chi connectivity index (χ1) is 11.8. The van der Waals surface area contributed by atoms with E-state index >= 15 is 0 Å². The molecule has 0 unspecified atom stereocenters. The minimum Gasteiger partial charge on any atom is -0.360 e. The molecule has 1 aromatic heterocycles. The molecule has 0 saturated carbocycles. The van der Waals surface area contributed by atoms with Gasteiger partial charge in [-0.1, -0.05) is 55.0 Å². The summed E-state index contributed by atoms with van der Waals surface area (Å²) in [5.41, 5.74) is 3.71. The first-order valence-electron chi connectivity index (χ1n) is 8.37. The fourth-order valence-electron chi connectivity index (χ4n) is 2.69. The Morgan fingerprint density at radius 3 is 2.42 bits per heavy atom. The summed E-state index contributed by atoms with van der Waals surface area (Å²) in [6.07, 6.45) is 1.02. The van der Waals surface area contributed by atoms with Crippen LogP contribution in [0.4, 0.5) is 5.69 Å². The molecule has 1 heterocycles. The van der Waals surface area contributed by atoms with Gasteiger partial charge in [-0.3, -0.25) is 0 Å². The number of hydrogen-bond acceptors (Lipinski definition) is 4. The standard InChI is InChI=1S/C19H23N5/c1-3-13-24-19(20-21-22-24)15-23(14-17-7-5-4-6-8-17)18-11-9-16(2)10-12-18/h4-12H,3,13-15H2,1-2H3. The van der Waals surface area contributed by atoms with Gasteiger partial charge in [0.15, 0.2) is 5.82 Å². The number of anilines is 1. The van der Waals surface area contributed by atoms with Crippen molar-refractivity contribution in [3.05, 3.63) is 71.5 Å². The predicted octanol–water partition coefficient (Wildman–Crippen LogP) is 3.60. The number of nitrogens with zero attached hydrogens (tertiary/aromatic N) is 5. The molecule has 124 valence electrons. The van der Waals surface area contributed by atoms with Crippen molar-refractivity contribution in [2.75, 3.05) is 4.90 Å². The van der Waals surface area contributed by atoms with Crippen LogP contribution in [0, 0.1) is 6.92 Å². The van der Waals surface area contributed by atoms with Gasteiger partial charge < -0.3 is 4.90 Å². The second-order valence-electron chi connectivity index (χ2n) is 6.00. The third-order valence-electron chi connectivity index (χ3n) is 3.99. The summed E-state index contributed by atoms with van der Waals surface area (Å²) in [5, 5.41) is 12.2. The van der Waals surface area contributed by atoms with Crippen molar-refractivity contribution >= 4 is 5.69 Å². The highest BCUT2D eigenvalue weighted by Gasteiger charge is 2.13. The molecule has 3 rings (SSSR count). The van der Waals surface area contributed by atoms with Crippen LogP contribution in [-0.4, -0.2) is 20.2 Å². The molecule has 0 radical (unpaired) electrons. The van der Waals surface area contributed by atoms with Crippen LogP contribution in [0.2, 0.25) is 0 Å². The molecular weight excluding hydrogens is 298 g/mol. The summed E-state index contributed by atoms with van der Waals surface area (Å²) in [6, 6.07) is 19.1. The minimum absolute atomic E-state index is 0.685. The van der Waals surface area contributed by atoms with Gasteiger partial charge in [-0.2, -0.15) is 0 Å². The van der Waals surface area contributed by atoms with Gasteiger partial charge in [0.25, 0.3) is 0 Å². The highest BCUT2D eigenvalue weighted by molar-refractivity contribution is 5.48. The molecule has 0 saturated heterocycles. The van der Waals surface area contributed by atoms with E-state index in [0.29, 0.717) is 6.54 Å². The van der Waals surface area contributed by atoms with Crippen LogP contribution in [0.3, 0.4) is 0 Å². The molecule has 5 heteroatoms. The molecule has 3 aromatic rings. The number of aryl methyl sites for hydroxylation is 2. The second-order valence-corrected chi connectivity index (χ2v) is 6.00. The molecule has 0 N–H and O–H groups in total. The Balaban J connectivity index is 1.86. The van der Waals surface area contributed by atoms with E-state index in [9.17, 15) is 0 Å². The molecular formula is C19H23N5. The topological polar surface area (TPSA) is 46.8 Å². The van der Waals surface area contributed by atoms with Crippen LogP contribution >= 0.6 is 0 Å². The van der Waals surface area contributed by atoms with Gasteiger partial charge in [0.2, 0.25) is 0 Å². The van der Waals surface area contributed by atoms with E-state index in [1.54, 1.807) is 0 Å². The van der Waals surface area contributed by atoms with Crippen molar-refractivity contribution in [3.63, 3.8) is 0 Å². The highest BCUT2D eigenvalue weighted by atomic mass is 15.5. The summed E-state index contributed by atoms with van der Waals surface area (Å²) < 4.78 is 1.90. The third kappa shape index (κ3) is 3.98. The SMILES string of the molecule is CCCn1nnnc1CN(Cc1ccccc1)c1ccc(C)cc1. The minimum atomic E-state index is 0.685. The van der Waals surface area contributed by atoms with Gasteiger partial charge in [0, 0.05) is 18.8 Å².